The molecule has 7 heteroatoms. The van der Waals surface area contributed by atoms with E-state index in [0.717, 1.165) is 11.8 Å². The number of halogens is 1. The Morgan fingerprint density at radius 2 is 2.05 bits per heavy atom. The third-order valence-corrected chi connectivity index (χ3v) is 3.67. The molecule has 1 aromatic carbocycles. The molecule has 0 saturated carbocycles. The maximum Gasteiger partial charge on any atom is 0.251 e. The minimum absolute atomic E-state index is 0.0991. The third-order valence-electron chi connectivity index (χ3n) is 2.80. The van der Waals surface area contributed by atoms with E-state index in [2.05, 4.69) is 15.3 Å². The molecule has 2 rings (SSSR count). The molecule has 0 bridgehead atoms. The van der Waals surface area contributed by atoms with Crippen LogP contribution in [0.25, 0.3) is 0 Å². The molecule has 2 N–H and O–H groups in total. The molecule has 2 aromatic rings. The van der Waals surface area contributed by atoms with Crippen LogP contribution in [0.4, 0.5) is 10.1 Å². The summed E-state index contributed by atoms with van der Waals surface area (Å²) in [5, 5.41) is 3.05. The highest BCUT2D eigenvalue weighted by molar-refractivity contribution is 7.99. The average molecular weight is 321 g/mol. The zero-order valence-electron chi connectivity index (χ0n) is 12.2. The van der Waals surface area contributed by atoms with Crippen molar-refractivity contribution in [3.05, 3.63) is 52.2 Å². The van der Waals surface area contributed by atoms with Crippen LogP contribution in [0.15, 0.2) is 40.3 Å². The summed E-state index contributed by atoms with van der Waals surface area (Å²) in [6.45, 7) is 3.88. The molecule has 5 nitrogen and oxygen atoms in total. The van der Waals surface area contributed by atoms with Gasteiger partial charge < -0.3 is 10.3 Å². The van der Waals surface area contributed by atoms with Gasteiger partial charge in [-0.1, -0.05) is 25.6 Å². The Hall–Kier alpha value is -2.15. The predicted octanol–water partition coefficient (Wildman–Crippen LogP) is 2.76. The summed E-state index contributed by atoms with van der Waals surface area (Å²) in [7, 11) is 0. The predicted molar refractivity (Wildman–Crippen MR) is 84.7 cm³/mol. The molecular weight excluding hydrogens is 305 g/mol. The SMILES string of the molecule is CC(C)c1cc(=O)[nH]c(SCC(=O)Nc2ccc(F)cc2)n1. The van der Waals surface area contributed by atoms with E-state index in [4.69, 9.17) is 0 Å². The molecule has 0 saturated heterocycles. The Kier molecular flexibility index (Phi) is 5.32. The fourth-order valence-corrected chi connectivity index (χ4v) is 2.36. The quantitative estimate of drug-likeness (QED) is 0.656. The van der Waals surface area contributed by atoms with Crippen LogP contribution >= 0.6 is 11.8 Å². The summed E-state index contributed by atoms with van der Waals surface area (Å²) in [6, 6.07) is 6.96. The highest BCUT2D eigenvalue weighted by atomic mass is 32.2. The molecule has 22 heavy (non-hydrogen) atoms. The largest absolute Gasteiger partial charge is 0.325 e. The number of thioether (sulfide) groups is 1. The first-order valence-electron chi connectivity index (χ1n) is 6.73. The average Bonchev–Trinajstić information content (AvgIpc) is 2.47. The van der Waals surface area contributed by atoms with Crippen LogP contribution < -0.4 is 10.9 Å². The van der Waals surface area contributed by atoms with Gasteiger partial charge in [0.25, 0.3) is 5.56 Å². The van der Waals surface area contributed by atoms with Crippen molar-refractivity contribution in [2.45, 2.75) is 24.9 Å². The first-order chi connectivity index (χ1) is 10.4. The maximum atomic E-state index is 12.8. The summed E-state index contributed by atoms with van der Waals surface area (Å²) in [5.74, 6) is -0.384. The normalized spacial score (nSPS) is 10.7. The van der Waals surface area contributed by atoms with Gasteiger partial charge in [-0.3, -0.25) is 9.59 Å². The lowest BCUT2D eigenvalue weighted by Gasteiger charge is -2.07. The molecule has 0 unspecified atom stereocenters. The van der Waals surface area contributed by atoms with Crippen molar-refractivity contribution in [3.8, 4) is 0 Å². The van der Waals surface area contributed by atoms with Crippen molar-refractivity contribution in [2.75, 3.05) is 11.1 Å². The molecule has 0 fully saturated rings. The van der Waals surface area contributed by atoms with Gasteiger partial charge in [-0.15, -0.1) is 0 Å². The second-order valence-electron chi connectivity index (χ2n) is 4.97. The van der Waals surface area contributed by atoms with E-state index >= 15 is 0 Å². The number of amides is 1. The number of benzene rings is 1. The van der Waals surface area contributed by atoms with Gasteiger partial charge in [0.05, 0.1) is 11.4 Å². The van der Waals surface area contributed by atoms with Crippen molar-refractivity contribution >= 4 is 23.4 Å². The second kappa shape index (κ2) is 7.22. The maximum absolute atomic E-state index is 12.8. The highest BCUT2D eigenvalue weighted by Gasteiger charge is 2.08. The van der Waals surface area contributed by atoms with Gasteiger partial charge in [0, 0.05) is 11.8 Å². The van der Waals surface area contributed by atoms with Crippen LogP contribution in [0.3, 0.4) is 0 Å². The van der Waals surface area contributed by atoms with Crippen LogP contribution in [0.5, 0.6) is 0 Å². The molecule has 0 aliphatic heterocycles. The minimum atomic E-state index is -0.361. The lowest BCUT2D eigenvalue weighted by atomic mass is 10.1. The molecule has 0 spiro atoms. The van der Waals surface area contributed by atoms with Crippen LogP contribution in [0.2, 0.25) is 0 Å². The lowest BCUT2D eigenvalue weighted by molar-refractivity contribution is -0.113. The highest BCUT2D eigenvalue weighted by Crippen LogP contribution is 2.16. The summed E-state index contributed by atoms with van der Waals surface area (Å²) in [4.78, 5) is 30.3. The number of carbonyl (C=O) groups is 1. The number of H-pyrrole nitrogens is 1. The van der Waals surface area contributed by atoms with Gasteiger partial charge in [0.15, 0.2) is 5.16 Å². The van der Waals surface area contributed by atoms with E-state index in [-0.39, 0.29) is 29.0 Å². The standard InChI is InChI=1S/C15H16FN3O2S/c1-9(2)12-7-13(20)19-15(18-12)22-8-14(21)17-11-5-3-10(16)4-6-11/h3-7,9H,8H2,1-2H3,(H,17,21)(H,18,19,20). The molecule has 0 atom stereocenters. The van der Waals surface area contributed by atoms with E-state index in [9.17, 15) is 14.0 Å². The van der Waals surface area contributed by atoms with Crippen LogP contribution in [0, 0.1) is 5.82 Å². The summed E-state index contributed by atoms with van der Waals surface area (Å²) in [6.07, 6.45) is 0. The van der Waals surface area contributed by atoms with Crippen molar-refractivity contribution in [1.82, 2.24) is 9.97 Å². The van der Waals surface area contributed by atoms with Gasteiger partial charge in [-0.2, -0.15) is 0 Å². The number of nitrogens with one attached hydrogen (secondary N) is 2. The fraction of sp³-hybridized carbons (Fsp3) is 0.267. The van der Waals surface area contributed by atoms with E-state index in [1.807, 2.05) is 13.8 Å². The van der Waals surface area contributed by atoms with Gasteiger partial charge in [-0.25, -0.2) is 9.37 Å². The third kappa shape index (κ3) is 4.70. The molecule has 1 amide bonds. The van der Waals surface area contributed by atoms with Gasteiger partial charge in [-0.05, 0) is 30.2 Å². The lowest BCUT2D eigenvalue weighted by Crippen LogP contribution is -2.16. The van der Waals surface area contributed by atoms with Crippen LogP contribution in [-0.4, -0.2) is 21.6 Å². The van der Waals surface area contributed by atoms with Crippen molar-refractivity contribution in [1.29, 1.82) is 0 Å². The Morgan fingerprint density at radius 1 is 1.36 bits per heavy atom. The number of hydrogen-bond donors (Lipinski definition) is 2. The minimum Gasteiger partial charge on any atom is -0.325 e. The summed E-state index contributed by atoms with van der Waals surface area (Å²) < 4.78 is 12.8. The smallest absolute Gasteiger partial charge is 0.251 e. The monoisotopic (exact) mass is 321 g/mol. The Bertz CT molecular complexity index is 713. The fourth-order valence-electron chi connectivity index (χ4n) is 1.68. The number of aromatic amines is 1. The van der Waals surface area contributed by atoms with Crippen molar-refractivity contribution in [3.63, 3.8) is 0 Å². The number of nitrogens with zero attached hydrogens (tertiary/aromatic N) is 1. The molecule has 1 aromatic heterocycles. The zero-order valence-corrected chi connectivity index (χ0v) is 13.0. The number of rotatable bonds is 5. The zero-order chi connectivity index (χ0) is 16.1. The number of carbonyl (C=O) groups excluding carboxylic acids is 1. The Labute approximate surface area is 131 Å². The van der Waals surface area contributed by atoms with Crippen LogP contribution in [-0.2, 0) is 4.79 Å². The molecule has 116 valence electrons. The number of anilines is 1. The summed E-state index contributed by atoms with van der Waals surface area (Å²) >= 11 is 1.14. The van der Waals surface area contributed by atoms with Gasteiger partial charge >= 0.3 is 0 Å². The van der Waals surface area contributed by atoms with E-state index < -0.39 is 0 Å². The van der Waals surface area contributed by atoms with E-state index in [1.54, 1.807) is 0 Å². The van der Waals surface area contributed by atoms with Gasteiger partial charge in [0.1, 0.15) is 5.82 Å². The molecule has 0 aliphatic rings. The molecule has 0 aliphatic carbocycles. The molecule has 0 radical (unpaired) electrons. The second-order valence-corrected chi connectivity index (χ2v) is 5.94. The van der Waals surface area contributed by atoms with E-state index in [1.165, 1.54) is 30.3 Å². The van der Waals surface area contributed by atoms with Gasteiger partial charge in [0.2, 0.25) is 5.91 Å². The molecular formula is C15H16FN3O2S. The number of aromatic nitrogens is 2. The first-order valence-corrected chi connectivity index (χ1v) is 7.72. The Balaban J connectivity index is 1.96. The van der Waals surface area contributed by atoms with Crippen molar-refractivity contribution in [2.24, 2.45) is 0 Å². The van der Waals surface area contributed by atoms with Crippen LogP contribution in [0.1, 0.15) is 25.5 Å². The van der Waals surface area contributed by atoms with E-state index in [0.29, 0.717) is 16.5 Å². The first kappa shape index (κ1) is 16.2. The number of hydrogen-bond acceptors (Lipinski definition) is 4. The molecule has 1 heterocycles. The summed E-state index contributed by atoms with van der Waals surface area (Å²) in [5.41, 5.74) is 0.967. The topological polar surface area (TPSA) is 74.8 Å². The Morgan fingerprint density at radius 3 is 2.68 bits per heavy atom. The van der Waals surface area contributed by atoms with Crippen molar-refractivity contribution < 1.29 is 9.18 Å².